The van der Waals surface area contributed by atoms with Gasteiger partial charge in [0, 0.05) is 10.9 Å². The van der Waals surface area contributed by atoms with Crippen LogP contribution in [0.25, 0.3) is 0 Å². The molecule has 2 rings (SSSR count). The van der Waals surface area contributed by atoms with E-state index in [2.05, 4.69) is 22.9 Å². The Kier molecular flexibility index (Phi) is 2.86. The summed E-state index contributed by atoms with van der Waals surface area (Å²) in [6, 6.07) is 4.98. The predicted molar refractivity (Wildman–Crippen MR) is 61.2 cm³/mol. The van der Waals surface area contributed by atoms with Crippen LogP contribution in [0, 0.1) is 11.2 Å². The summed E-state index contributed by atoms with van der Waals surface area (Å²) in [6.45, 7) is 2.05. The third-order valence-corrected chi connectivity index (χ3v) is 3.76. The molecule has 1 aliphatic rings. The fraction of sp³-hybridized carbons (Fsp3) is 0.500. The highest BCUT2D eigenvalue weighted by Crippen LogP contribution is 2.48. The highest BCUT2D eigenvalue weighted by Gasteiger charge is 2.44. The molecule has 1 aromatic rings. The zero-order valence-corrected chi connectivity index (χ0v) is 10.2. The second-order valence-corrected chi connectivity index (χ2v) is 5.53. The lowest BCUT2D eigenvalue weighted by atomic mass is 9.95. The van der Waals surface area contributed by atoms with E-state index < -0.39 is 6.10 Å². The van der Waals surface area contributed by atoms with Crippen molar-refractivity contribution in [1.29, 1.82) is 0 Å². The van der Waals surface area contributed by atoms with Crippen LogP contribution in [-0.4, -0.2) is 11.2 Å². The molecule has 15 heavy (non-hydrogen) atoms. The first-order valence-electron chi connectivity index (χ1n) is 5.13. The molecule has 82 valence electrons. The summed E-state index contributed by atoms with van der Waals surface area (Å²) in [7, 11) is 0. The predicted octanol–water partition coefficient (Wildman–Crippen LogP) is 3.29. The van der Waals surface area contributed by atoms with Crippen molar-refractivity contribution < 1.29 is 9.50 Å². The molecule has 0 saturated heterocycles. The SMILES string of the molecule is CC1(C(O)Cc2ccc(Br)cc2F)CC1. The molecule has 1 fully saturated rings. The Labute approximate surface area is 97.4 Å². The Bertz CT molecular complexity index is 374. The number of rotatable bonds is 3. The second-order valence-electron chi connectivity index (χ2n) is 4.61. The Hall–Kier alpha value is -0.410. The van der Waals surface area contributed by atoms with Gasteiger partial charge in [0.25, 0.3) is 0 Å². The number of benzene rings is 1. The van der Waals surface area contributed by atoms with Crippen molar-refractivity contribution >= 4 is 15.9 Å². The van der Waals surface area contributed by atoms with E-state index in [1.54, 1.807) is 12.1 Å². The maximum Gasteiger partial charge on any atom is 0.127 e. The minimum absolute atomic E-state index is 0.0273. The normalized spacial score (nSPS) is 20.0. The number of hydrogen-bond donors (Lipinski definition) is 1. The molecule has 3 heteroatoms. The van der Waals surface area contributed by atoms with Gasteiger partial charge >= 0.3 is 0 Å². The lowest BCUT2D eigenvalue weighted by Gasteiger charge is -2.17. The molecule has 0 bridgehead atoms. The van der Waals surface area contributed by atoms with Gasteiger partial charge in [0.2, 0.25) is 0 Å². The molecule has 0 spiro atoms. The van der Waals surface area contributed by atoms with Gasteiger partial charge in [-0.3, -0.25) is 0 Å². The maximum atomic E-state index is 13.5. The van der Waals surface area contributed by atoms with Gasteiger partial charge < -0.3 is 5.11 Å². The zero-order chi connectivity index (χ0) is 11.1. The molecule has 1 unspecified atom stereocenters. The Balaban J connectivity index is 2.10. The van der Waals surface area contributed by atoms with Crippen molar-refractivity contribution in [3.8, 4) is 0 Å². The van der Waals surface area contributed by atoms with Gasteiger partial charge in [-0.05, 0) is 36.0 Å². The number of aliphatic hydroxyl groups excluding tert-OH is 1. The average Bonchev–Trinajstić information content (AvgIpc) is 2.90. The molecule has 0 radical (unpaired) electrons. The monoisotopic (exact) mass is 272 g/mol. The fourth-order valence-electron chi connectivity index (χ4n) is 1.67. The standard InChI is InChI=1S/C12H14BrFO/c1-12(4-5-12)11(15)6-8-2-3-9(13)7-10(8)14/h2-3,7,11,15H,4-6H2,1H3. The van der Waals surface area contributed by atoms with Crippen LogP contribution >= 0.6 is 15.9 Å². The minimum atomic E-state index is -0.423. The summed E-state index contributed by atoms with van der Waals surface area (Å²) < 4.78 is 14.2. The lowest BCUT2D eigenvalue weighted by molar-refractivity contribution is 0.102. The van der Waals surface area contributed by atoms with Gasteiger partial charge in [0.05, 0.1) is 6.10 Å². The summed E-state index contributed by atoms with van der Waals surface area (Å²) in [6.07, 6.45) is 2.09. The second kappa shape index (κ2) is 3.87. The quantitative estimate of drug-likeness (QED) is 0.896. The number of aliphatic hydroxyl groups is 1. The topological polar surface area (TPSA) is 20.2 Å². The molecule has 1 aliphatic carbocycles. The van der Waals surface area contributed by atoms with Crippen LogP contribution in [0.2, 0.25) is 0 Å². The molecule has 0 heterocycles. The maximum absolute atomic E-state index is 13.5. The Morgan fingerprint density at radius 1 is 1.53 bits per heavy atom. The molecule has 1 nitrogen and oxygen atoms in total. The Morgan fingerprint density at radius 3 is 2.73 bits per heavy atom. The van der Waals surface area contributed by atoms with E-state index in [4.69, 9.17) is 0 Å². The third-order valence-electron chi connectivity index (χ3n) is 3.27. The summed E-state index contributed by atoms with van der Waals surface area (Å²) in [5.41, 5.74) is 0.623. The minimum Gasteiger partial charge on any atom is -0.392 e. The smallest absolute Gasteiger partial charge is 0.127 e. The summed E-state index contributed by atoms with van der Waals surface area (Å²) in [4.78, 5) is 0. The van der Waals surface area contributed by atoms with Crippen LogP contribution in [0.3, 0.4) is 0 Å². The molecule has 0 amide bonds. The van der Waals surface area contributed by atoms with Gasteiger partial charge in [0.1, 0.15) is 5.82 Å². The van der Waals surface area contributed by atoms with E-state index in [0.717, 1.165) is 17.3 Å². The van der Waals surface area contributed by atoms with E-state index in [-0.39, 0.29) is 11.2 Å². The summed E-state index contributed by atoms with van der Waals surface area (Å²) in [5, 5.41) is 9.92. The molecule has 0 aliphatic heterocycles. The van der Waals surface area contributed by atoms with Crippen LogP contribution in [0.4, 0.5) is 4.39 Å². The van der Waals surface area contributed by atoms with E-state index in [0.29, 0.717) is 12.0 Å². The first-order valence-corrected chi connectivity index (χ1v) is 5.92. The van der Waals surface area contributed by atoms with Gasteiger partial charge in [-0.1, -0.05) is 28.9 Å². The highest BCUT2D eigenvalue weighted by atomic mass is 79.9. The molecule has 1 saturated carbocycles. The molecular formula is C12H14BrFO. The van der Waals surface area contributed by atoms with Crippen LogP contribution in [0.1, 0.15) is 25.3 Å². The largest absolute Gasteiger partial charge is 0.392 e. The lowest BCUT2D eigenvalue weighted by Crippen LogP contribution is -2.21. The zero-order valence-electron chi connectivity index (χ0n) is 8.63. The molecule has 0 aromatic heterocycles. The van der Waals surface area contributed by atoms with Crippen LogP contribution in [0.5, 0.6) is 0 Å². The van der Waals surface area contributed by atoms with Crippen molar-refractivity contribution in [3.05, 3.63) is 34.1 Å². The van der Waals surface area contributed by atoms with E-state index in [1.807, 2.05) is 0 Å². The molecule has 1 atom stereocenters. The first kappa shape index (κ1) is 11.1. The van der Waals surface area contributed by atoms with Gasteiger partial charge in [-0.25, -0.2) is 4.39 Å². The van der Waals surface area contributed by atoms with Crippen molar-refractivity contribution in [2.24, 2.45) is 5.41 Å². The first-order chi connectivity index (χ1) is 7.01. The van der Waals surface area contributed by atoms with Crippen molar-refractivity contribution in [1.82, 2.24) is 0 Å². The van der Waals surface area contributed by atoms with Gasteiger partial charge in [0.15, 0.2) is 0 Å². The van der Waals surface area contributed by atoms with Crippen LogP contribution < -0.4 is 0 Å². The van der Waals surface area contributed by atoms with Crippen molar-refractivity contribution in [2.75, 3.05) is 0 Å². The van der Waals surface area contributed by atoms with Gasteiger partial charge in [-0.15, -0.1) is 0 Å². The van der Waals surface area contributed by atoms with E-state index >= 15 is 0 Å². The Morgan fingerprint density at radius 2 is 2.20 bits per heavy atom. The van der Waals surface area contributed by atoms with Crippen molar-refractivity contribution in [3.63, 3.8) is 0 Å². The molecule has 1 N–H and O–H groups in total. The van der Waals surface area contributed by atoms with Crippen LogP contribution in [-0.2, 0) is 6.42 Å². The van der Waals surface area contributed by atoms with E-state index in [1.165, 1.54) is 6.07 Å². The highest BCUT2D eigenvalue weighted by molar-refractivity contribution is 9.10. The number of hydrogen-bond acceptors (Lipinski definition) is 1. The average molecular weight is 273 g/mol. The molecule has 1 aromatic carbocycles. The summed E-state index contributed by atoms with van der Waals surface area (Å²) in [5.74, 6) is -0.243. The molecular weight excluding hydrogens is 259 g/mol. The number of halogens is 2. The summed E-state index contributed by atoms with van der Waals surface area (Å²) >= 11 is 3.21. The van der Waals surface area contributed by atoms with Crippen molar-refractivity contribution in [2.45, 2.75) is 32.3 Å². The van der Waals surface area contributed by atoms with Crippen LogP contribution in [0.15, 0.2) is 22.7 Å². The fourth-order valence-corrected chi connectivity index (χ4v) is 2.01. The van der Waals surface area contributed by atoms with Gasteiger partial charge in [-0.2, -0.15) is 0 Å². The third kappa shape index (κ3) is 2.40. The van der Waals surface area contributed by atoms with E-state index in [9.17, 15) is 9.50 Å².